The van der Waals surface area contributed by atoms with Crippen molar-refractivity contribution in [2.45, 2.75) is 78.1 Å². The van der Waals surface area contributed by atoms with Crippen molar-refractivity contribution in [2.24, 2.45) is 17.8 Å². The summed E-state index contributed by atoms with van der Waals surface area (Å²) in [6, 6.07) is 9.30. The number of rotatable bonds is 11. The molecule has 194 valence electrons. The van der Waals surface area contributed by atoms with Crippen LogP contribution in [0.3, 0.4) is 0 Å². The fourth-order valence-electron chi connectivity index (χ4n) is 5.06. The first-order valence-corrected chi connectivity index (χ1v) is 12.9. The van der Waals surface area contributed by atoms with Gasteiger partial charge >= 0.3 is 12.1 Å². The molecular weight excluding hydrogens is 448 g/mol. The zero-order chi connectivity index (χ0) is 25.4. The minimum atomic E-state index is -0.729. The van der Waals surface area contributed by atoms with E-state index < -0.39 is 24.3 Å². The van der Waals surface area contributed by atoms with Gasteiger partial charge in [-0.15, -0.1) is 0 Å². The van der Waals surface area contributed by atoms with Gasteiger partial charge in [-0.2, -0.15) is 0 Å². The molecule has 1 aromatic rings. The van der Waals surface area contributed by atoms with Crippen molar-refractivity contribution in [3.63, 3.8) is 0 Å². The van der Waals surface area contributed by atoms with E-state index in [4.69, 9.17) is 14.2 Å². The van der Waals surface area contributed by atoms with Crippen molar-refractivity contribution in [1.29, 1.82) is 0 Å². The summed E-state index contributed by atoms with van der Waals surface area (Å²) in [5.74, 6) is -0.281. The summed E-state index contributed by atoms with van der Waals surface area (Å²) in [4.78, 5) is 40.1. The first-order valence-electron chi connectivity index (χ1n) is 12.9. The normalized spacial score (nSPS) is 23.0. The third-order valence-corrected chi connectivity index (χ3v) is 6.80. The third kappa shape index (κ3) is 7.43. The quantitative estimate of drug-likeness (QED) is 0.472. The van der Waals surface area contributed by atoms with Crippen molar-refractivity contribution < 1.29 is 28.6 Å². The Morgan fingerprint density at radius 2 is 1.83 bits per heavy atom. The Bertz CT molecular complexity index is 845. The number of amides is 1. The summed E-state index contributed by atoms with van der Waals surface area (Å²) in [6.45, 7) is 8.39. The molecule has 1 aliphatic carbocycles. The lowest BCUT2D eigenvalue weighted by atomic mass is 9.99. The first kappa shape index (κ1) is 27.0. The van der Waals surface area contributed by atoms with Crippen molar-refractivity contribution in [1.82, 2.24) is 10.2 Å². The monoisotopic (exact) mass is 488 g/mol. The van der Waals surface area contributed by atoms with E-state index in [1.54, 1.807) is 18.7 Å². The summed E-state index contributed by atoms with van der Waals surface area (Å²) < 4.78 is 16.1. The lowest BCUT2D eigenvalue weighted by Gasteiger charge is -2.32. The molecule has 8 nitrogen and oxygen atoms in total. The number of nitrogens with one attached hydrogen (secondary N) is 1. The summed E-state index contributed by atoms with van der Waals surface area (Å²) in [7, 11) is 0. The van der Waals surface area contributed by atoms with E-state index in [1.165, 1.54) is 0 Å². The highest BCUT2D eigenvalue weighted by Gasteiger charge is 2.48. The smallest absolute Gasteiger partial charge is 0.466 e. The topological polar surface area (TPSA) is 94.2 Å². The predicted octanol–water partition coefficient (Wildman–Crippen LogP) is 3.92. The van der Waals surface area contributed by atoms with Gasteiger partial charge in [0.25, 0.3) is 0 Å². The molecule has 5 atom stereocenters. The molecule has 0 radical (unpaired) electrons. The molecule has 0 aromatic heterocycles. The molecule has 1 saturated heterocycles. The molecule has 1 heterocycles. The fraction of sp³-hybridized carbons (Fsp3) is 0.667. The molecular formula is C27H40N2O6. The van der Waals surface area contributed by atoms with Crippen molar-refractivity contribution in [2.75, 3.05) is 19.8 Å². The summed E-state index contributed by atoms with van der Waals surface area (Å²) in [5.41, 5.74) is 1.04. The second-order valence-corrected chi connectivity index (χ2v) is 10.0. The van der Waals surface area contributed by atoms with Gasteiger partial charge in [0.2, 0.25) is 5.91 Å². The van der Waals surface area contributed by atoms with Gasteiger partial charge in [-0.25, -0.2) is 4.79 Å². The number of carbonyl (C=O) groups is 3. The zero-order valence-electron chi connectivity index (χ0n) is 21.4. The Balaban J connectivity index is 1.63. The van der Waals surface area contributed by atoms with Gasteiger partial charge in [-0.3, -0.25) is 9.59 Å². The molecule has 1 amide bonds. The van der Waals surface area contributed by atoms with Crippen LogP contribution < -0.4 is 5.32 Å². The molecule has 1 N–H and O–H groups in total. The molecule has 2 fully saturated rings. The fourth-order valence-corrected chi connectivity index (χ4v) is 5.06. The van der Waals surface area contributed by atoms with E-state index in [1.807, 2.05) is 44.2 Å². The number of likely N-dealkylation sites (tertiary alicyclic amines) is 1. The van der Waals surface area contributed by atoms with Gasteiger partial charge in [-0.05, 0) is 50.5 Å². The van der Waals surface area contributed by atoms with E-state index in [-0.39, 0.29) is 30.4 Å². The molecule has 3 rings (SSSR count). The molecule has 0 spiro atoms. The van der Waals surface area contributed by atoms with Gasteiger partial charge in [0.1, 0.15) is 0 Å². The highest BCUT2D eigenvalue weighted by molar-refractivity contribution is 5.83. The van der Waals surface area contributed by atoms with Crippen LogP contribution in [0.1, 0.15) is 58.9 Å². The number of hydrogen-bond acceptors (Lipinski definition) is 7. The Kier molecular flexibility index (Phi) is 9.95. The average molecular weight is 489 g/mol. The number of carbonyl (C=O) groups excluding carboxylic acids is 3. The lowest BCUT2D eigenvalue weighted by Crippen LogP contribution is -2.52. The Labute approximate surface area is 208 Å². The minimum Gasteiger partial charge on any atom is -0.466 e. The molecule has 0 unspecified atom stereocenters. The second-order valence-electron chi connectivity index (χ2n) is 10.0. The predicted molar refractivity (Wildman–Crippen MR) is 131 cm³/mol. The first-order chi connectivity index (χ1) is 16.8. The Morgan fingerprint density at radius 1 is 1.09 bits per heavy atom. The summed E-state index contributed by atoms with van der Waals surface area (Å²) in [5, 5.41) is 3.25. The molecule has 8 heteroatoms. The number of ether oxygens (including phenoxy) is 3. The number of nitrogens with zero attached hydrogens (tertiary/aromatic N) is 1. The second kappa shape index (κ2) is 12.9. The van der Waals surface area contributed by atoms with Crippen LogP contribution in [0.25, 0.3) is 0 Å². The zero-order valence-corrected chi connectivity index (χ0v) is 21.4. The maximum atomic E-state index is 13.5. The van der Waals surface area contributed by atoms with Crippen LogP contribution in [0, 0.1) is 17.8 Å². The maximum absolute atomic E-state index is 13.5. The Morgan fingerprint density at radius 3 is 2.51 bits per heavy atom. The maximum Gasteiger partial charge on any atom is 0.510 e. The number of esters is 1. The molecule has 1 aromatic carbocycles. The largest absolute Gasteiger partial charge is 0.510 e. The van der Waals surface area contributed by atoms with Gasteiger partial charge in [0, 0.05) is 19.0 Å². The summed E-state index contributed by atoms with van der Waals surface area (Å²) >= 11 is 0. The highest BCUT2D eigenvalue weighted by atomic mass is 16.7. The van der Waals surface area contributed by atoms with E-state index >= 15 is 0 Å². The standard InChI is InChI=1S/C27H40N2O6/c1-5-33-26(31)22(14-20-10-7-6-8-11-20)16-28-19(4)25(30)29-23-13-9-12-21(23)15-24(29)35-27(32)34-17-18(2)3/h6-8,10-11,18-19,21-24,28H,5,9,12-17H2,1-4H3/t19-,21-,22-,23-,24-/m0/s1. The van der Waals surface area contributed by atoms with Crippen LogP contribution in [-0.4, -0.2) is 61.0 Å². The number of fused-ring (bicyclic) bond motifs is 1. The van der Waals surface area contributed by atoms with Gasteiger partial charge < -0.3 is 24.4 Å². The molecule has 35 heavy (non-hydrogen) atoms. The summed E-state index contributed by atoms with van der Waals surface area (Å²) in [6.07, 6.45) is 2.81. The van der Waals surface area contributed by atoms with Crippen molar-refractivity contribution >= 4 is 18.0 Å². The van der Waals surface area contributed by atoms with Crippen LogP contribution in [0.15, 0.2) is 30.3 Å². The number of benzene rings is 1. The molecule has 0 bridgehead atoms. The van der Waals surface area contributed by atoms with Crippen LogP contribution in [0.2, 0.25) is 0 Å². The van der Waals surface area contributed by atoms with Gasteiger partial charge in [0.15, 0.2) is 6.23 Å². The number of hydrogen-bond donors (Lipinski definition) is 1. The minimum absolute atomic E-state index is 0.0693. The van der Waals surface area contributed by atoms with Crippen molar-refractivity contribution in [3.05, 3.63) is 35.9 Å². The van der Waals surface area contributed by atoms with E-state index in [0.29, 0.717) is 31.9 Å². The van der Waals surface area contributed by atoms with E-state index in [9.17, 15) is 14.4 Å². The van der Waals surface area contributed by atoms with Crippen LogP contribution in [0.5, 0.6) is 0 Å². The van der Waals surface area contributed by atoms with E-state index in [2.05, 4.69) is 5.32 Å². The van der Waals surface area contributed by atoms with Gasteiger partial charge in [0.05, 0.1) is 25.2 Å². The Hall–Kier alpha value is -2.61. The van der Waals surface area contributed by atoms with Gasteiger partial charge in [-0.1, -0.05) is 50.6 Å². The SMILES string of the molecule is CCOC(=O)[C@H](CN[C@@H](C)C(=O)N1[C@@H](OC(=O)OCC(C)C)C[C@@H]2CCC[C@@H]21)Cc1ccccc1. The van der Waals surface area contributed by atoms with Crippen LogP contribution >= 0.6 is 0 Å². The lowest BCUT2D eigenvalue weighted by molar-refractivity contribution is -0.149. The van der Waals surface area contributed by atoms with Crippen molar-refractivity contribution in [3.8, 4) is 0 Å². The van der Waals surface area contributed by atoms with Crippen LogP contribution in [-0.2, 0) is 30.2 Å². The van der Waals surface area contributed by atoms with Crippen LogP contribution in [0.4, 0.5) is 4.79 Å². The molecule has 2 aliphatic rings. The highest BCUT2D eigenvalue weighted by Crippen LogP contribution is 2.42. The average Bonchev–Trinajstić information content (AvgIpc) is 3.41. The van der Waals surface area contributed by atoms with E-state index in [0.717, 1.165) is 24.8 Å². The third-order valence-electron chi connectivity index (χ3n) is 6.80. The molecule has 1 saturated carbocycles. The molecule has 1 aliphatic heterocycles.